The molecule has 0 spiro atoms. The van der Waals surface area contributed by atoms with Gasteiger partial charge in [0.25, 0.3) is 0 Å². The second kappa shape index (κ2) is 15.9. The Bertz CT molecular complexity index is 1930. The number of benzene rings is 1. The van der Waals surface area contributed by atoms with Crippen LogP contribution in [0.15, 0.2) is 24.3 Å². The zero-order chi connectivity index (χ0) is 32.9. The van der Waals surface area contributed by atoms with Crippen molar-refractivity contribution in [3.05, 3.63) is 44.6 Å². The molecule has 0 fully saturated rings. The van der Waals surface area contributed by atoms with Crippen LogP contribution in [-0.4, -0.2) is 22.8 Å². The van der Waals surface area contributed by atoms with E-state index in [1.54, 1.807) is 0 Å². The van der Waals surface area contributed by atoms with Crippen LogP contribution in [0.2, 0.25) is 0 Å². The topological polar surface area (TPSA) is 36.3 Å². The molecule has 0 amide bonds. The Morgan fingerprint density at radius 1 is 0.638 bits per heavy atom. The van der Waals surface area contributed by atoms with Gasteiger partial charge in [-0.1, -0.05) is 78.1 Å². The molecule has 6 aromatic rings. The highest BCUT2D eigenvalue weighted by Crippen LogP contribution is 2.49. The lowest BCUT2D eigenvalue weighted by molar-refractivity contribution is 0.257. The molecule has 0 saturated carbocycles. The van der Waals surface area contributed by atoms with Crippen LogP contribution in [0.25, 0.3) is 46.1 Å². The van der Waals surface area contributed by atoms with Crippen molar-refractivity contribution in [2.24, 2.45) is 0 Å². The van der Waals surface area contributed by atoms with Crippen molar-refractivity contribution in [2.75, 3.05) is 13.2 Å². The van der Waals surface area contributed by atoms with Crippen LogP contribution in [-0.2, 0) is 0 Å². The van der Waals surface area contributed by atoms with Crippen molar-refractivity contribution in [1.29, 1.82) is 0 Å². The predicted molar refractivity (Wildman–Crippen MR) is 210 cm³/mol. The molecule has 5 aromatic heterocycles. The summed E-state index contributed by atoms with van der Waals surface area (Å²) >= 11 is 7.50. The predicted octanol–water partition coefficient (Wildman–Crippen LogP) is 14.0. The molecular formula is C39H50N2O2S4. The van der Waals surface area contributed by atoms with Gasteiger partial charge in [-0.25, -0.2) is 4.98 Å². The summed E-state index contributed by atoms with van der Waals surface area (Å²) in [5, 5.41) is 1.14. The highest BCUT2D eigenvalue weighted by Gasteiger charge is 2.23. The van der Waals surface area contributed by atoms with Gasteiger partial charge in [-0.15, -0.1) is 45.3 Å². The van der Waals surface area contributed by atoms with Gasteiger partial charge in [0.05, 0.1) is 53.9 Å². The molecule has 0 unspecified atom stereocenters. The van der Waals surface area contributed by atoms with Crippen molar-refractivity contribution >= 4 is 76.0 Å². The molecule has 0 radical (unpaired) electrons. The van der Waals surface area contributed by atoms with Gasteiger partial charge in [0.1, 0.15) is 5.52 Å². The Hall–Kier alpha value is -2.39. The van der Waals surface area contributed by atoms with E-state index in [9.17, 15) is 0 Å². The summed E-state index contributed by atoms with van der Waals surface area (Å²) in [6.45, 7) is 14.8. The van der Waals surface area contributed by atoms with E-state index in [0.29, 0.717) is 0 Å². The number of hydrogen-bond acceptors (Lipinski definition) is 7. The number of rotatable bonds is 18. The van der Waals surface area contributed by atoms with Crippen LogP contribution in [0.4, 0.5) is 0 Å². The van der Waals surface area contributed by atoms with Gasteiger partial charge in [-0.05, 0) is 64.3 Å². The van der Waals surface area contributed by atoms with E-state index in [0.717, 1.165) is 59.3 Å². The Morgan fingerprint density at radius 2 is 1.28 bits per heavy atom. The van der Waals surface area contributed by atoms with E-state index in [2.05, 4.69) is 70.4 Å². The Kier molecular flexibility index (Phi) is 11.6. The van der Waals surface area contributed by atoms with Crippen LogP contribution in [0.1, 0.15) is 111 Å². The number of hydrogen-bond donors (Lipinski definition) is 0. The van der Waals surface area contributed by atoms with Crippen LogP contribution < -0.4 is 9.47 Å². The molecule has 0 N–H and O–H groups in total. The standard InChI is InChI=1S/C39H50N2O2S4/c1-7-9-11-13-15-17-19-42-32-23-29(21-25(3)35(32)43-20-18-16-14-12-10-8-2)41-30-22-26(4)44-37(30)38-31(41)24-33(47-38)39-34-36(27(5)45-39)46-28(6)40-34/h21-24H,7-20H2,1-6H3. The summed E-state index contributed by atoms with van der Waals surface area (Å²) in [7, 11) is 0. The molecule has 0 aliphatic heterocycles. The fourth-order valence-corrected chi connectivity index (χ4v) is 11.1. The highest BCUT2D eigenvalue weighted by molar-refractivity contribution is 7.32. The minimum Gasteiger partial charge on any atom is -0.490 e. The second-order valence-electron chi connectivity index (χ2n) is 13.0. The normalized spacial score (nSPS) is 12.0. The van der Waals surface area contributed by atoms with Gasteiger partial charge in [-0.2, -0.15) is 0 Å². The third-order valence-electron chi connectivity index (χ3n) is 8.97. The molecule has 0 atom stereocenters. The number of unbranched alkanes of at least 4 members (excludes halogenated alkanes) is 10. The Labute approximate surface area is 296 Å². The molecule has 1 aromatic carbocycles. The molecular weight excluding hydrogens is 657 g/mol. The first-order chi connectivity index (χ1) is 22.9. The number of thiophene rings is 3. The third-order valence-corrected chi connectivity index (χ3v) is 13.8. The fraction of sp³-hybridized carbons (Fsp3) is 0.513. The van der Waals surface area contributed by atoms with Crippen molar-refractivity contribution < 1.29 is 9.47 Å². The van der Waals surface area contributed by atoms with Crippen molar-refractivity contribution in [3.8, 4) is 26.9 Å². The molecule has 252 valence electrons. The summed E-state index contributed by atoms with van der Waals surface area (Å²) in [6, 6.07) is 9.28. The molecule has 0 bridgehead atoms. The fourth-order valence-electron chi connectivity index (χ4n) is 6.56. The lowest BCUT2D eigenvalue weighted by Gasteiger charge is -2.18. The van der Waals surface area contributed by atoms with Crippen LogP contribution in [0.5, 0.6) is 11.5 Å². The molecule has 47 heavy (non-hydrogen) atoms. The first-order valence-electron chi connectivity index (χ1n) is 17.7. The SMILES string of the molecule is CCCCCCCCOc1cc(-n2c3cc(C)sc3c3sc(-c4sc(C)c5sc(C)nc45)cc32)cc(C)c1OCCCCCCCC. The number of thiazole rings is 1. The minimum atomic E-state index is 0.722. The highest BCUT2D eigenvalue weighted by atomic mass is 32.1. The van der Waals surface area contributed by atoms with Crippen LogP contribution in [0, 0.1) is 27.7 Å². The van der Waals surface area contributed by atoms with E-state index >= 15 is 0 Å². The van der Waals surface area contributed by atoms with Gasteiger partial charge in [0.15, 0.2) is 11.5 Å². The molecule has 8 heteroatoms. The van der Waals surface area contributed by atoms with Gasteiger partial charge in [-0.3, -0.25) is 0 Å². The monoisotopic (exact) mass is 706 g/mol. The van der Waals surface area contributed by atoms with Crippen LogP contribution in [0.3, 0.4) is 0 Å². The van der Waals surface area contributed by atoms with Crippen LogP contribution >= 0.6 is 45.3 Å². The minimum absolute atomic E-state index is 0.722. The van der Waals surface area contributed by atoms with E-state index in [4.69, 9.17) is 14.5 Å². The summed E-state index contributed by atoms with van der Waals surface area (Å²) in [4.78, 5) is 10.2. The second-order valence-corrected chi connectivity index (χ2v) is 17.7. The summed E-state index contributed by atoms with van der Waals surface area (Å²) in [5.41, 5.74) is 5.99. The van der Waals surface area contributed by atoms with Gasteiger partial charge in [0.2, 0.25) is 0 Å². The maximum atomic E-state index is 6.59. The number of aromatic nitrogens is 2. The van der Waals surface area contributed by atoms with Crippen molar-refractivity contribution in [2.45, 2.75) is 119 Å². The Balaban J connectivity index is 1.34. The molecule has 6 rings (SSSR count). The number of ether oxygens (including phenoxy) is 2. The quantitative estimate of drug-likeness (QED) is 0.0835. The van der Waals surface area contributed by atoms with Crippen molar-refractivity contribution in [3.63, 3.8) is 0 Å². The molecule has 4 nitrogen and oxygen atoms in total. The number of nitrogens with zero attached hydrogens (tertiary/aromatic N) is 2. The largest absolute Gasteiger partial charge is 0.490 e. The van der Waals surface area contributed by atoms with Crippen molar-refractivity contribution in [1.82, 2.24) is 9.55 Å². The van der Waals surface area contributed by atoms with E-state index in [1.807, 2.05) is 45.3 Å². The lowest BCUT2D eigenvalue weighted by atomic mass is 10.1. The molecule has 0 aliphatic carbocycles. The number of fused-ring (bicyclic) bond motifs is 4. The number of aryl methyl sites for hydroxylation is 4. The Morgan fingerprint density at radius 3 is 2.00 bits per heavy atom. The zero-order valence-electron chi connectivity index (χ0n) is 29.1. The van der Waals surface area contributed by atoms with E-state index in [1.165, 1.54) is 109 Å². The molecule has 0 saturated heterocycles. The average molecular weight is 707 g/mol. The third kappa shape index (κ3) is 7.61. The summed E-state index contributed by atoms with van der Waals surface area (Å²) < 4.78 is 19.6. The zero-order valence-corrected chi connectivity index (χ0v) is 32.3. The first kappa shape index (κ1) is 34.5. The van der Waals surface area contributed by atoms with E-state index < -0.39 is 0 Å². The summed E-state index contributed by atoms with van der Waals surface area (Å²) in [6.07, 6.45) is 15.0. The van der Waals surface area contributed by atoms with Gasteiger partial charge < -0.3 is 14.0 Å². The summed E-state index contributed by atoms with van der Waals surface area (Å²) in [5.74, 6) is 1.79. The lowest BCUT2D eigenvalue weighted by Crippen LogP contribution is -2.06. The average Bonchev–Trinajstić information content (AvgIpc) is 3.84. The molecule has 5 heterocycles. The van der Waals surface area contributed by atoms with Gasteiger partial charge in [0, 0.05) is 20.7 Å². The first-order valence-corrected chi connectivity index (χ1v) is 21.0. The van der Waals surface area contributed by atoms with E-state index in [-0.39, 0.29) is 0 Å². The maximum absolute atomic E-state index is 6.59. The smallest absolute Gasteiger partial charge is 0.164 e. The maximum Gasteiger partial charge on any atom is 0.164 e. The van der Waals surface area contributed by atoms with Gasteiger partial charge >= 0.3 is 0 Å². The molecule has 0 aliphatic rings.